The maximum Gasteiger partial charge on any atom is 0.329 e. The van der Waals surface area contributed by atoms with Crippen LogP contribution in [0.15, 0.2) is 48.5 Å². The van der Waals surface area contributed by atoms with Crippen LogP contribution < -0.4 is 10.1 Å². The molecule has 0 radical (unpaired) electrons. The molecule has 2 aromatic carbocycles. The number of amides is 1. The lowest BCUT2D eigenvalue weighted by Gasteiger charge is -2.21. The quantitative estimate of drug-likeness (QED) is 0.559. The molecule has 2 rings (SSSR count). The monoisotopic (exact) mass is 383 g/mol. The summed E-state index contributed by atoms with van der Waals surface area (Å²) in [6.45, 7) is 4.99. The number of ether oxygens (including phenoxy) is 2. The van der Waals surface area contributed by atoms with Gasteiger partial charge in [-0.05, 0) is 36.6 Å². The molecule has 0 heterocycles. The van der Waals surface area contributed by atoms with Crippen LogP contribution in [-0.2, 0) is 9.53 Å². The molecule has 0 saturated carbocycles. The van der Waals surface area contributed by atoms with Crippen LogP contribution in [0.1, 0.15) is 40.1 Å². The minimum atomic E-state index is -0.863. The van der Waals surface area contributed by atoms with Gasteiger partial charge in [-0.15, -0.1) is 0 Å². The number of hydrogen-bond donors (Lipinski definition) is 1. The van der Waals surface area contributed by atoms with Crippen LogP contribution in [0, 0.1) is 12.8 Å². The summed E-state index contributed by atoms with van der Waals surface area (Å²) in [5.41, 5.74) is 1.64. The SMILES string of the molecule is COc1ccccc1C(=O)COC(=O)[C@@H](NC(=O)c1ccccc1C)C(C)C. The molecule has 0 aliphatic carbocycles. The van der Waals surface area contributed by atoms with Crippen LogP contribution in [0.3, 0.4) is 0 Å². The first kappa shape index (κ1) is 21.2. The second-order valence-corrected chi connectivity index (χ2v) is 6.74. The lowest BCUT2D eigenvalue weighted by Crippen LogP contribution is -2.45. The number of methoxy groups -OCH3 is 1. The smallest absolute Gasteiger partial charge is 0.329 e. The Labute approximate surface area is 164 Å². The fourth-order valence-electron chi connectivity index (χ4n) is 2.72. The highest BCUT2D eigenvalue weighted by atomic mass is 16.5. The number of benzene rings is 2. The number of para-hydroxylation sites is 1. The highest BCUT2D eigenvalue weighted by Gasteiger charge is 2.27. The number of nitrogens with one attached hydrogen (secondary N) is 1. The van der Waals surface area contributed by atoms with Gasteiger partial charge in [-0.3, -0.25) is 9.59 Å². The predicted molar refractivity (Wildman–Crippen MR) is 106 cm³/mol. The van der Waals surface area contributed by atoms with Crippen molar-refractivity contribution < 1.29 is 23.9 Å². The Morgan fingerprint density at radius 2 is 1.57 bits per heavy atom. The summed E-state index contributed by atoms with van der Waals surface area (Å²) in [5, 5.41) is 2.71. The maximum atomic E-state index is 12.5. The number of ketones is 1. The highest BCUT2D eigenvalue weighted by molar-refractivity contribution is 6.01. The van der Waals surface area contributed by atoms with E-state index in [0.29, 0.717) is 16.9 Å². The third-order valence-corrected chi connectivity index (χ3v) is 4.35. The summed E-state index contributed by atoms with van der Waals surface area (Å²) < 4.78 is 10.3. The summed E-state index contributed by atoms with van der Waals surface area (Å²) in [7, 11) is 1.47. The Morgan fingerprint density at radius 1 is 0.964 bits per heavy atom. The van der Waals surface area contributed by atoms with E-state index in [1.165, 1.54) is 7.11 Å². The van der Waals surface area contributed by atoms with Gasteiger partial charge < -0.3 is 14.8 Å². The first-order valence-electron chi connectivity index (χ1n) is 9.04. The third kappa shape index (κ3) is 5.19. The minimum Gasteiger partial charge on any atom is -0.496 e. The zero-order valence-corrected chi connectivity index (χ0v) is 16.5. The van der Waals surface area contributed by atoms with Gasteiger partial charge in [-0.2, -0.15) is 0 Å². The maximum absolute atomic E-state index is 12.5. The summed E-state index contributed by atoms with van der Waals surface area (Å²) in [6, 6.07) is 13.0. The van der Waals surface area contributed by atoms with E-state index < -0.39 is 18.6 Å². The fourth-order valence-corrected chi connectivity index (χ4v) is 2.72. The number of carbonyl (C=O) groups excluding carboxylic acids is 3. The molecule has 1 amide bonds. The van der Waals surface area contributed by atoms with Gasteiger partial charge in [0.15, 0.2) is 6.61 Å². The number of carbonyl (C=O) groups is 3. The molecule has 0 aliphatic rings. The van der Waals surface area contributed by atoms with Gasteiger partial charge in [0.25, 0.3) is 5.91 Å². The van der Waals surface area contributed by atoms with Gasteiger partial charge in [0.05, 0.1) is 12.7 Å². The van der Waals surface area contributed by atoms with Crippen molar-refractivity contribution in [2.24, 2.45) is 5.92 Å². The Kier molecular flexibility index (Phi) is 7.32. The van der Waals surface area contributed by atoms with Crippen LogP contribution in [-0.4, -0.2) is 37.4 Å². The molecule has 2 aromatic rings. The molecule has 1 atom stereocenters. The van der Waals surface area contributed by atoms with Crippen molar-refractivity contribution in [1.29, 1.82) is 0 Å². The summed E-state index contributed by atoms with van der Waals surface area (Å²) in [5.74, 6) is -1.18. The lowest BCUT2D eigenvalue weighted by atomic mass is 10.0. The van der Waals surface area contributed by atoms with Gasteiger partial charge in [0.2, 0.25) is 5.78 Å². The van der Waals surface area contributed by atoms with Crippen LogP contribution in [0.2, 0.25) is 0 Å². The molecule has 0 aromatic heterocycles. The first-order valence-corrected chi connectivity index (χ1v) is 9.04. The minimum absolute atomic E-state index is 0.207. The van der Waals surface area contributed by atoms with Crippen molar-refractivity contribution >= 4 is 17.7 Å². The van der Waals surface area contributed by atoms with E-state index >= 15 is 0 Å². The van der Waals surface area contributed by atoms with E-state index in [1.54, 1.807) is 50.2 Å². The van der Waals surface area contributed by atoms with Crippen LogP contribution in [0.25, 0.3) is 0 Å². The van der Waals surface area contributed by atoms with Crippen molar-refractivity contribution in [2.75, 3.05) is 13.7 Å². The van der Waals surface area contributed by atoms with E-state index in [-0.39, 0.29) is 17.6 Å². The first-order chi connectivity index (χ1) is 13.3. The molecule has 148 valence electrons. The van der Waals surface area contributed by atoms with Gasteiger partial charge in [-0.25, -0.2) is 4.79 Å². The van der Waals surface area contributed by atoms with Gasteiger partial charge >= 0.3 is 5.97 Å². The molecule has 0 spiro atoms. The predicted octanol–water partition coefficient (Wildman–Crippen LogP) is 3.18. The second kappa shape index (κ2) is 9.69. The molecule has 28 heavy (non-hydrogen) atoms. The molecule has 0 saturated heterocycles. The van der Waals surface area contributed by atoms with E-state index in [2.05, 4.69) is 5.32 Å². The molecule has 1 N–H and O–H groups in total. The third-order valence-electron chi connectivity index (χ3n) is 4.35. The number of rotatable bonds is 8. The zero-order chi connectivity index (χ0) is 20.7. The van der Waals surface area contributed by atoms with Crippen LogP contribution in [0.4, 0.5) is 0 Å². The van der Waals surface area contributed by atoms with Crippen molar-refractivity contribution in [3.05, 3.63) is 65.2 Å². The topological polar surface area (TPSA) is 81.7 Å². The van der Waals surface area contributed by atoms with Crippen molar-refractivity contribution in [3.63, 3.8) is 0 Å². The summed E-state index contributed by atoms with van der Waals surface area (Å²) >= 11 is 0. The van der Waals surface area contributed by atoms with Crippen LogP contribution in [0.5, 0.6) is 5.75 Å². The normalized spacial score (nSPS) is 11.6. The van der Waals surface area contributed by atoms with Crippen LogP contribution >= 0.6 is 0 Å². The van der Waals surface area contributed by atoms with Gasteiger partial charge in [0, 0.05) is 5.56 Å². The Bertz CT molecular complexity index is 860. The molecule has 6 nitrogen and oxygen atoms in total. The van der Waals surface area contributed by atoms with E-state index in [4.69, 9.17) is 9.47 Å². The number of hydrogen-bond acceptors (Lipinski definition) is 5. The van der Waals surface area contributed by atoms with Crippen molar-refractivity contribution in [2.45, 2.75) is 26.8 Å². The Morgan fingerprint density at radius 3 is 2.18 bits per heavy atom. The standard InChI is InChI=1S/C22H25NO5/c1-14(2)20(23-21(25)16-10-6-5-9-15(16)3)22(26)28-13-18(24)17-11-7-8-12-19(17)27-4/h5-12,14,20H,13H2,1-4H3,(H,23,25)/t20-/m0/s1. The molecule has 0 fully saturated rings. The summed E-state index contributed by atoms with van der Waals surface area (Å²) in [4.78, 5) is 37.4. The lowest BCUT2D eigenvalue weighted by molar-refractivity contribution is -0.145. The van der Waals surface area contributed by atoms with Crippen molar-refractivity contribution in [1.82, 2.24) is 5.32 Å². The average molecular weight is 383 g/mol. The van der Waals surface area contributed by atoms with E-state index in [9.17, 15) is 14.4 Å². The highest BCUT2D eigenvalue weighted by Crippen LogP contribution is 2.18. The Balaban J connectivity index is 2.04. The molecular weight excluding hydrogens is 358 g/mol. The molecule has 0 aliphatic heterocycles. The van der Waals surface area contributed by atoms with E-state index in [1.807, 2.05) is 19.1 Å². The van der Waals surface area contributed by atoms with E-state index in [0.717, 1.165) is 5.56 Å². The molecule has 0 bridgehead atoms. The summed E-state index contributed by atoms with van der Waals surface area (Å²) in [6.07, 6.45) is 0. The molecule has 0 unspecified atom stereocenters. The zero-order valence-electron chi connectivity index (χ0n) is 16.5. The number of aryl methyl sites for hydroxylation is 1. The molecular formula is C22H25NO5. The van der Waals surface area contributed by atoms with Gasteiger partial charge in [0.1, 0.15) is 11.8 Å². The number of esters is 1. The average Bonchev–Trinajstić information content (AvgIpc) is 2.69. The van der Waals surface area contributed by atoms with Gasteiger partial charge in [-0.1, -0.05) is 44.2 Å². The molecule has 6 heteroatoms. The fraction of sp³-hybridized carbons (Fsp3) is 0.318. The van der Waals surface area contributed by atoms with Crippen molar-refractivity contribution in [3.8, 4) is 5.75 Å². The number of Topliss-reactive ketones (excluding diaryl/α,β-unsaturated/α-hetero) is 1. The Hall–Kier alpha value is -3.15. The largest absolute Gasteiger partial charge is 0.496 e. The second-order valence-electron chi connectivity index (χ2n) is 6.74.